The van der Waals surface area contributed by atoms with Gasteiger partial charge in [-0.2, -0.15) is 5.10 Å². The SMILES string of the molecule is Cn1ncc(N)c1-c1ccnc2ccccc12. The third-order valence-electron chi connectivity index (χ3n) is 2.87. The summed E-state index contributed by atoms with van der Waals surface area (Å²) in [5.41, 5.74) is 9.61. The van der Waals surface area contributed by atoms with Crippen LogP contribution in [0.3, 0.4) is 0 Å². The summed E-state index contributed by atoms with van der Waals surface area (Å²) in [6.07, 6.45) is 3.47. The Morgan fingerprint density at radius 2 is 2.00 bits per heavy atom. The Hall–Kier alpha value is -2.36. The molecule has 0 spiro atoms. The number of aryl methyl sites for hydroxylation is 1. The second kappa shape index (κ2) is 3.59. The summed E-state index contributed by atoms with van der Waals surface area (Å²) in [6.45, 7) is 0. The number of aromatic nitrogens is 3. The molecule has 0 saturated carbocycles. The van der Waals surface area contributed by atoms with Crippen molar-refractivity contribution in [3.63, 3.8) is 0 Å². The van der Waals surface area contributed by atoms with E-state index in [4.69, 9.17) is 5.73 Å². The van der Waals surface area contributed by atoms with Crippen LogP contribution >= 0.6 is 0 Å². The highest BCUT2D eigenvalue weighted by Gasteiger charge is 2.11. The van der Waals surface area contributed by atoms with Gasteiger partial charge in [-0.1, -0.05) is 18.2 Å². The zero-order valence-electron chi connectivity index (χ0n) is 9.46. The number of nitrogens with zero attached hydrogens (tertiary/aromatic N) is 3. The van der Waals surface area contributed by atoms with Gasteiger partial charge in [-0.15, -0.1) is 0 Å². The highest BCUT2D eigenvalue weighted by atomic mass is 15.3. The van der Waals surface area contributed by atoms with Crippen molar-refractivity contribution in [1.29, 1.82) is 0 Å². The first-order valence-corrected chi connectivity index (χ1v) is 5.39. The molecule has 0 bridgehead atoms. The summed E-state index contributed by atoms with van der Waals surface area (Å²) >= 11 is 0. The monoisotopic (exact) mass is 224 g/mol. The molecule has 4 nitrogen and oxygen atoms in total. The molecule has 4 heteroatoms. The molecule has 0 fully saturated rings. The Bertz CT molecular complexity index is 660. The number of nitrogen functional groups attached to an aromatic ring is 1. The van der Waals surface area contributed by atoms with Crippen LogP contribution in [0, 0.1) is 0 Å². The summed E-state index contributed by atoms with van der Waals surface area (Å²) in [6, 6.07) is 9.98. The molecule has 2 heterocycles. The Morgan fingerprint density at radius 3 is 2.76 bits per heavy atom. The van der Waals surface area contributed by atoms with Gasteiger partial charge in [0, 0.05) is 24.2 Å². The lowest BCUT2D eigenvalue weighted by molar-refractivity contribution is 0.776. The first kappa shape index (κ1) is 9.84. The van der Waals surface area contributed by atoms with Crippen LogP contribution in [0.25, 0.3) is 22.2 Å². The number of anilines is 1. The molecule has 2 aromatic heterocycles. The van der Waals surface area contributed by atoms with Gasteiger partial charge in [-0.05, 0) is 12.1 Å². The average molecular weight is 224 g/mol. The maximum atomic E-state index is 5.96. The predicted molar refractivity (Wildman–Crippen MR) is 68.4 cm³/mol. The van der Waals surface area contributed by atoms with Gasteiger partial charge < -0.3 is 5.73 Å². The number of hydrogen-bond acceptors (Lipinski definition) is 3. The molecule has 3 aromatic rings. The van der Waals surface area contributed by atoms with E-state index in [-0.39, 0.29) is 0 Å². The van der Waals surface area contributed by atoms with Gasteiger partial charge in [0.05, 0.1) is 23.1 Å². The normalized spacial score (nSPS) is 10.9. The van der Waals surface area contributed by atoms with Gasteiger partial charge in [0.2, 0.25) is 0 Å². The third-order valence-corrected chi connectivity index (χ3v) is 2.87. The summed E-state index contributed by atoms with van der Waals surface area (Å²) in [5.74, 6) is 0. The van der Waals surface area contributed by atoms with Gasteiger partial charge >= 0.3 is 0 Å². The third kappa shape index (κ3) is 1.45. The molecule has 2 N–H and O–H groups in total. The predicted octanol–water partition coefficient (Wildman–Crippen LogP) is 2.22. The number of hydrogen-bond donors (Lipinski definition) is 1. The van der Waals surface area contributed by atoms with Crippen molar-refractivity contribution in [3.05, 3.63) is 42.7 Å². The van der Waals surface area contributed by atoms with Gasteiger partial charge in [-0.25, -0.2) is 0 Å². The molecular weight excluding hydrogens is 212 g/mol. The molecular formula is C13H12N4. The Balaban J connectivity index is 2.38. The van der Waals surface area contributed by atoms with Gasteiger partial charge in [0.15, 0.2) is 0 Å². The first-order valence-electron chi connectivity index (χ1n) is 5.39. The van der Waals surface area contributed by atoms with E-state index >= 15 is 0 Å². The van der Waals surface area contributed by atoms with Gasteiger partial charge in [-0.3, -0.25) is 9.67 Å². The minimum absolute atomic E-state index is 0.684. The molecule has 0 saturated heterocycles. The maximum Gasteiger partial charge on any atom is 0.0916 e. The van der Waals surface area contributed by atoms with Gasteiger partial charge in [0.1, 0.15) is 0 Å². The Morgan fingerprint density at radius 1 is 1.18 bits per heavy atom. The van der Waals surface area contributed by atoms with E-state index in [0.717, 1.165) is 22.2 Å². The second-order valence-corrected chi connectivity index (χ2v) is 3.95. The molecule has 0 amide bonds. The van der Waals surface area contributed by atoms with Gasteiger partial charge in [0.25, 0.3) is 0 Å². The van der Waals surface area contributed by atoms with Crippen molar-refractivity contribution in [1.82, 2.24) is 14.8 Å². The summed E-state index contributed by atoms with van der Waals surface area (Å²) in [7, 11) is 1.89. The van der Waals surface area contributed by atoms with E-state index < -0.39 is 0 Å². The molecule has 3 rings (SSSR count). The van der Waals surface area contributed by atoms with Crippen LogP contribution in [-0.2, 0) is 7.05 Å². The molecule has 0 aliphatic rings. The van der Waals surface area contributed by atoms with E-state index in [1.54, 1.807) is 17.1 Å². The van der Waals surface area contributed by atoms with Crippen LogP contribution in [-0.4, -0.2) is 14.8 Å². The molecule has 1 aromatic carbocycles. The largest absolute Gasteiger partial charge is 0.396 e. The standard InChI is InChI=1S/C13H12N4/c1-17-13(11(14)8-16-17)10-6-7-15-12-5-3-2-4-9(10)12/h2-8H,14H2,1H3. The molecule has 84 valence electrons. The quantitative estimate of drug-likeness (QED) is 0.689. The molecule has 0 radical (unpaired) electrons. The van der Waals surface area contributed by atoms with Crippen LogP contribution in [0.4, 0.5) is 5.69 Å². The minimum Gasteiger partial charge on any atom is -0.396 e. The Kier molecular flexibility index (Phi) is 2.08. The lowest BCUT2D eigenvalue weighted by Crippen LogP contribution is -1.97. The highest BCUT2D eigenvalue weighted by Crippen LogP contribution is 2.30. The van der Waals surface area contributed by atoms with Crippen molar-refractivity contribution in [3.8, 4) is 11.3 Å². The first-order chi connectivity index (χ1) is 8.27. The molecule has 0 aliphatic heterocycles. The van der Waals surface area contributed by atoms with E-state index in [2.05, 4.69) is 10.1 Å². The van der Waals surface area contributed by atoms with Crippen LogP contribution in [0.1, 0.15) is 0 Å². The lowest BCUT2D eigenvalue weighted by atomic mass is 10.1. The average Bonchev–Trinajstić information content (AvgIpc) is 2.69. The van der Waals surface area contributed by atoms with Crippen molar-refractivity contribution in [2.75, 3.05) is 5.73 Å². The fourth-order valence-corrected chi connectivity index (χ4v) is 2.09. The summed E-state index contributed by atoms with van der Waals surface area (Å²) < 4.78 is 1.79. The molecule has 17 heavy (non-hydrogen) atoms. The zero-order chi connectivity index (χ0) is 11.8. The number of nitrogens with two attached hydrogens (primary N) is 1. The van der Waals surface area contributed by atoms with Crippen LogP contribution in [0.5, 0.6) is 0 Å². The number of rotatable bonds is 1. The van der Waals surface area contributed by atoms with E-state index in [0.29, 0.717) is 5.69 Å². The number of para-hydroxylation sites is 1. The smallest absolute Gasteiger partial charge is 0.0916 e. The van der Waals surface area contributed by atoms with E-state index in [1.165, 1.54) is 0 Å². The second-order valence-electron chi connectivity index (χ2n) is 3.95. The number of pyridine rings is 1. The number of benzene rings is 1. The fraction of sp³-hybridized carbons (Fsp3) is 0.0769. The van der Waals surface area contributed by atoms with Crippen LogP contribution in [0.2, 0.25) is 0 Å². The Labute approximate surface area is 98.7 Å². The lowest BCUT2D eigenvalue weighted by Gasteiger charge is -2.07. The molecule has 0 aliphatic carbocycles. The number of fused-ring (bicyclic) bond motifs is 1. The summed E-state index contributed by atoms with van der Waals surface area (Å²) in [4.78, 5) is 4.34. The van der Waals surface area contributed by atoms with E-state index in [1.807, 2.05) is 37.4 Å². The minimum atomic E-state index is 0.684. The topological polar surface area (TPSA) is 56.7 Å². The van der Waals surface area contributed by atoms with Crippen molar-refractivity contribution >= 4 is 16.6 Å². The molecule has 0 atom stereocenters. The van der Waals surface area contributed by atoms with Crippen molar-refractivity contribution in [2.45, 2.75) is 0 Å². The fourth-order valence-electron chi connectivity index (χ4n) is 2.09. The molecule has 0 unspecified atom stereocenters. The van der Waals surface area contributed by atoms with Crippen molar-refractivity contribution < 1.29 is 0 Å². The summed E-state index contributed by atoms with van der Waals surface area (Å²) in [5, 5.41) is 5.26. The highest BCUT2D eigenvalue weighted by molar-refractivity contribution is 5.95. The van der Waals surface area contributed by atoms with E-state index in [9.17, 15) is 0 Å². The van der Waals surface area contributed by atoms with Crippen LogP contribution < -0.4 is 5.73 Å². The maximum absolute atomic E-state index is 5.96. The van der Waals surface area contributed by atoms with Crippen LogP contribution in [0.15, 0.2) is 42.7 Å². The van der Waals surface area contributed by atoms with Crippen molar-refractivity contribution in [2.24, 2.45) is 7.05 Å². The zero-order valence-corrected chi connectivity index (χ0v) is 9.46.